The second-order valence-electron chi connectivity index (χ2n) is 6.06. The van der Waals surface area contributed by atoms with Gasteiger partial charge in [0.1, 0.15) is 11.4 Å². The monoisotopic (exact) mass is 374 g/mol. The summed E-state index contributed by atoms with van der Waals surface area (Å²) < 4.78 is 12.4. The van der Waals surface area contributed by atoms with E-state index in [0.29, 0.717) is 35.4 Å². The van der Waals surface area contributed by atoms with Crippen molar-refractivity contribution in [3.63, 3.8) is 0 Å². The van der Waals surface area contributed by atoms with Crippen molar-refractivity contribution in [2.75, 3.05) is 12.4 Å². The van der Waals surface area contributed by atoms with Crippen molar-refractivity contribution < 1.29 is 14.1 Å². The van der Waals surface area contributed by atoms with Crippen LogP contribution in [0.2, 0.25) is 0 Å². The SMILES string of the molecule is COc1ccccc1NC(=O)c1cccn1Cc1noc(-c2ccccc2)n1. The molecule has 0 saturated heterocycles. The maximum Gasteiger partial charge on any atom is 0.272 e. The van der Waals surface area contributed by atoms with Gasteiger partial charge in [-0.05, 0) is 36.4 Å². The number of carbonyl (C=O) groups excluding carboxylic acids is 1. The smallest absolute Gasteiger partial charge is 0.272 e. The Kier molecular flexibility index (Phi) is 4.88. The Morgan fingerprint density at radius 3 is 2.68 bits per heavy atom. The van der Waals surface area contributed by atoms with Crippen LogP contribution < -0.4 is 10.1 Å². The minimum atomic E-state index is -0.249. The van der Waals surface area contributed by atoms with Crippen molar-refractivity contribution in [1.82, 2.24) is 14.7 Å². The Morgan fingerprint density at radius 2 is 1.86 bits per heavy atom. The molecule has 0 radical (unpaired) electrons. The molecule has 4 aromatic rings. The number of para-hydroxylation sites is 2. The van der Waals surface area contributed by atoms with Crippen molar-refractivity contribution >= 4 is 11.6 Å². The molecule has 4 rings (SSSR count). The second-order valence-corrected chi connectivity index (χ2v) is 6.06. The number of hydrogen-bond donors (Lipinski definition) is 1. The summed E-state index contributed by atoms with van der Waals surface area (Å²) >= 11 is 0. The van der Waals surface area contributed by atoms with Crippen LogP contribution in [0.25, 0.3) is 11.5 Å². The van der Waals surface area contributed by atoms with Crippen LogP contribution in [0, 0.1) is 0 Å². The Bertz CT molecular complexity index is 1090. The molecule has 2 aromatic carbocycles. The van der Waals surface area contributed by atoms with Crippen molar-refractivity contribution in [2.24, 2.45) is 0 Å². The first-order valence-corrected chi connectivity index (χ1v) is 8.72. The lowest BCUT2D eigenvalue weighted by Gasteiger charge is -2.11. The highest BCUT2D eigenvalue weighted by Gasteiger charge is 2.15. The molecule has 140 valence electrons. The highest BCUT2D eigenvalue weighted by atomic mass is 16.5. The van der Waals surface area contributed by atoms with E-state index in [0.717, 1.165) is 5.56 Å². The van der Waals surface area contributed by atoms with E-state index in [2.05, 4.69) is 15.5 Å². The molecule has 2 heterocycles. The molecule has 7 heteroatoms. The molecule has 0 aliphatic rings. The van der Waals surface area contributed by atoms with Crippen molar-refractivity contribution in [2.45, 2.75) is 6.54 Å². The Balaban J connectivity index is 1.52. The van der Waals surface area contributed by atoms with Crippen LogP contribution in [0.15, 0.2) is 77.4 Å². The fourth-order valence-electron chi connectivity index (χ4n) is 2.86. The quantitative estimate of drug-likeness (QED) is 0.554. The van der Waals surface area contributed by atoms with Crippen LogP contribution in [-0.4, -0.2) is 27.7 Å². The van der Waals surface area contributed by atoms with E-state index >= 15 is 0 Å². The lowest BCUT2D eigenvalue weighted by atomic mass is 10.2. The predicted molar refractivity (Wildman–Crippen MR) is 104 cm³/mol. The summed E-state index contributed by atoms with van der Waals surface area (Å²) in [4.78, 5) is 17.1. The molecule has 0 atom stereocenters. The summed E-state index contributed by atoms with van der Waals surface area (Å²) in [6.45, 7) is 0.317. The number of anilines is 1. The van der Waals surface area contributed by atoms with E-state index in [1.807, 2.05) is 42.5 Å². The largest absolute Gasteiger partial charge is 0.495 e. The van der Waals surface area contributed by atoms with Crippen LogP contribution in [0.4, 0.5) is 5.69 Å². The average molecular weight is 374 g/mol. The molecule has 0 fully saturated rings. The Morgan fingerprint density at radius 1 is 1.07 bits per heavy atom. The summed E-state index contributed by atoms with van der Waals surface area (Å²) in [5.41, 5.74) is 1.94. The molecule has 1 amide bonds. The number of nitrogens with zero attached hydrogens (tertiary/aromatic N) is 3. The molecular weight excluding hydrogens is 356 g/mol. The number of nitrogens with one attached hydrogen (secondary N) is 1. The molecule has 1 N–H and O–H groups in total. The van der Waals surface area contributed by atoms with Crippen molar-refractivity contribution in [1.29, 1.82) is 0 Å². The number of ether oxygens (including phenoxy) is 1. The zero-order valence-corrected chi connectivity index (χ0v) is 15.2. The van der Waals surface area contributed by atoms with Crippen LogP contribution in [-0.2, 0) is 6.54 Å². The minimum Gasteiger partial charge on any atom is -0.495 e. The third-order valence-corrected chi connectivity index (χ3v) is 4.22. The lowest BCUT2D eigenvalue weighted by Crippen LogP contribution is -2.18. The van der Waals surface area contributed by atoms with E-state index in [-0.39, 0.29) is 5.91 Å². The van der Waals surface area contributed by atoms with E-state index in [1.54, 1.807) is 42.1 Å². The number of amides is 1. The van der Waals surface area contributed by atoms with Gasteiger partial charge in [0, 0.05) is 11.8 Å². The van der Waals surface area contributed by atoms with Gasteiger partial charge in [-0.15, -0.1) is 0 Å². The maximum atomic E-state index is 12.7. The molecule has 0 spiro atoms. The first-order valence-electron chi connectivity index (χ1n) is 8.72. The van der Waals surface area contributed by atoms with Gasteiger partial charge in [-0.25, -0.2) is 0 Å². The number of methoxy groups -OCH3 is 1. The molecular formula is C21H18N4O3. The first kappa shape index (κ1) is 17.5. The van der Waals surface area contributed by atoms with Gasteiger partial charge in [-0.2, -0.15) is 4.98 Å². The van der Waals surface area contributed by atoms with E-state index in [4.69, 9.17) is 9.26 Å². The van der Waals surface area contributed by atoms with Gasteiger partial charge in [0.2, 0.25) is 0 Å². The molecule has 0 saturated carbocycles. The van der Waals surface area contributed by atoms with Gasteiger partial charge in [-0.1, -0.05) is 35.5 Å². The Hall–Kier alpha value is -3.87. The zero-order valence-electron chi connectivity index (χ0n) is 15.2. The summed E-state index contributed by atoms with van der Waals surface area (Å²) in [6.07, 6.45) is 1.80. The summed E-state index contributed by atoms with van der Waals surface area (Å²) in [5.74, 6) is 1.28. The molecule has 0 aliphatic carbocycles. The zero-order chi connectivity index (χ0) is 19.3. The van der Waals surface area contributed by atoms with Gasteiger partial charge in [0.15, 0.2) is 5.82 Å². The predicted octanol–water partition coefficient (Wildman–Crippen LogP) is 3.85. The van der Waals surface area contributed by atoms with E-state index in [9.17, 15) is 4.79 Å². The number of benzene rings is 2. The summed E-state index contributed by atoms with van der Waals surface area (Å²) in [5, 5.41) is 6.89. The fraction of sp³-hybridized carbons (Fsp3) is 0.0952. The van der Waals surface area contributed by atoms with Gasteiger partial charge in [0.05, 0.1) is 19.3 Å². The fourth-order valence-corrected chi connectivity index (χ4v) is 2.86. The molecule has 28 heavy (non-hydrogen) atoms. The summed E-state index contributed by atoms with van der Waals surface area (Å²) in [6, 6.07) is 20.3. The molecule has 0 bridgehead atoms. The van der Waals surface area contributed by atoms with Crippen molar-refractivity contribution in [3.8, 4) is 17.2 Å². The topological polar surface area (TPSA) is 82.2 Å². The average Bonchev–Trinajstić information content (AvgIpc) is 3.39. The van der Waals surface area contributed by atoms with E-state index in [1.165, 1.54) is 0 Å². The Labute approximate surface area is 161 Å². The number of aromatic nitrogens is 3. The summed E-state index contributed by atoms with van der Waals surface area (Å²) in [7, 11) is 1.56. The molecule has 0 unspecified atom stereocenters. The van der Waals surface area contributed by atoms with Crippen LogP contribution >= 0.6 is 0 Å². The van der Waals surface area contributed by atoms with Crippen LogP contribution in [0.5, 0.6) is 5.75 Å². The van der Waals surface area contributed by atoms with Gasteiger partial charge in [0.25, 0.3) is 11.8 Å². The number of rotatable bonds is 6. The van der Waals surface area contributed by atoms with Gasteiger partial charge >= 0.3 is 0 Å². The lowest BCUT2D eigenvalue weighted by molar-refractivity contribution is 0.101. The molecule has 2 aromatic heterocycles. The highest BCUT2D eigenvalue weighted by molar-refractivity contribution is 6.04. The number of hydrogen-bond acceptors (Lipinski definition) is 5. The first-order chi connectivity index (χ1) is 13.7. The highest BCUT2D eigenvalue weighted by Crippen LogP contribution is 2.24. The maximum absolute atomic E-state index is 12.7. The third-order valence-electron chi connectivity index (χ3n) is 4.22. The normalized spacial score (nSPS) is 10.6. The third kappa shape index (κ3) is 3.64. The van der Waals surface area contributed by atoms with E-state index < -0.39 is 0 Å². The minimum absolute atomic E-state index is 0.249. The second kappa shape index (κ2) is 7.79. The van der Waals surface area contributed by atoms with Gasteiger partial charge < -0.3 is 19.1 Å². The number of carbonyl (C=O) groups is 1. The van der Waals surface area contributed by atoms with Crippen LogP contribution in [0.1, 0.15) is 16.3 Å². The standard InChI is InChI=1S/C21H18N4O3/c1-27-18-12-6-5-10-16(18)22-20(26)17-11-7-13-25(17)14-19-23-21(28-24-19)15-8-3-2-4-9-15/h2-13H,14H2,1H3,(H,22,26). The van der Waals surface area contributed by atoms with Crippen molar-refractivity contribution in [3.05, 3.63) is 84.4 Å². The molecule has 0 aliphatic heterocycles. The van der Waals surface area contributed by atoms with Gasteiger partial charge in [-0.3, -0.25) is 4.79 Å². The molecule has 7 nitrogen and oxygen atoms in total. The van der Waals surface area contributed by atoms with Crippen LogP contribution in [0.3, 0.4) is 0 Å².